The van der Waals surface area contributed by atoms with Gasteiger partial charge in [-0.05, 0) is 55.6 Å². The van der Waals surface area contributed by atoms with Crippen molar-refractivity contribution in [3.8, 4) is 17.2 Å². The van der Waals surface area contributed by atoms with Crippen LogP contribution in [0.3, 0.4) is 0 Å². The van der Waals surface area contributed by atoms with Crippen molar-refractivity contribution in [2.45, 2.75) is 32.2 Å². The van der Waals surface area contributed by atoms with Crippen molar-refractivity contribution in [2.24, 2.45) is 0 Å². The molecule has 2 aromatic carbocycles. The van der Waals surface area contributed by atoms with E-state index in [1.807, 2.05) is 19.1 Å². The van der Waals surface area contributed by atoms with Crippen LogP contribution >= 0.6 is 11.6 Å². The summed E-state index contributed by atoms with van der Waals surface area (Å²) in [5.74, 6) is 2.07. The average Bonchev–Trinajstić information content (AvgIpc) is 3.05. The number of carbonyl (C=O) groups excluding carboxylic acids is 1. The molecule has 1 atom stereocenters. The van der Waals surface area contributed by atoms with Gasteiger partial charge in [-0.15, -0.1) is 0 Å². The Hall–Kier alpha value is -2.44. The quantitative estimate of drug-likeness (QED) is 0.751. The molecule has 1 fully saturated rings. The number of aryl methyl sites for hydroxylation is 1. The third-order valence-electron chi connectivity index (χ3n) is 5.62. The number of fused-ring (bicyclic) bond motifs is 1. The molecule has 0 aromatic heterocycles. The molecule has 0 radical (unpaired) electrons. The Balaban J connectivity index is 1.46. The van der Waals surface area contributed by atoms with E-state index >= 15 is 0 Å². The van der Waals surface area contributed by atoms with Gasteiger partial charge in [0.15, 0.2) is 11.5 Å². The van der Waals surface area contributed by atoms with Gasteiger partial charge >= 0.3 is 0 Å². The number of carbonyl (C=O) groups is 1. The number of nitrogens with one attached hydrogen (secondary N) is 1. The number of hydrogen-bond acceptors (Lipinski definition) is 5. The minimum Gasteiger partial charge on any atom is -0.495 e. The Labute approximate surface area is 182 Å². The second kappa shape index (κ2) is 9.14. The zero-order valence-electron chi connectivity index (χ0n) is 17.4. The fraction of sp³-hybridized carbons (Fsp3) is 0.435. The molecular weight excluding hydrogens is 404 g/mol. The van der Waals surface area contributed by atoms with Crippen LogP contribution in [-0.2, 0) is 4.79 Å². The summed E-state index contributed by atoms with van der Waals surface area (Å²) in [4.78, 5) is 15.0. The van der Waals surface area contributed by atoms with Gasteiger partial charge in [-0.2, -0.15) is 0 Å². The molecule has 1 N–H and O–H groups in total. The lowest BCUT2D eigenvalue weighted by Crippen LogP contribution is -2.33. The maximum Gasteiger partial charge on any atom is 0.238 e. The zero-order valence-corrected chi connectivity index (χ0v) is 18.1. The minimum absolute atomic E-state index is 0.0729. The number of rotatable bonds is 5. The van der Waals surface area contributed by atoms with E-state index in [1.165, 1.54) is 0 Å². The Morgan fingerprint density at radius 2 is 2.00 bits per heavy atom. The largest absolute Gasteiger partial charge is 0.495 e. The van der Waals surface area contributed by atoms with Gasteiger partial charge in [0, 0.05) is 23.6 Å². The predicted molar refractivity (Wildman–Crippen MR) is 117 cm³/mol. The highest BCUT2D eigenvalue weighted by Gasteiger charge is 2.29. The number of amides is 1. The maximum atomic E-state index is 12.8. The molecule has 2 heterocycles. The molecule has 6 nitrogen and oxygen atoms in total. The Bertz CT molecular complexity index is 934. The molecule has 7 heteroatoms. The van der Waals surface area contributed by atoms with Crippen molar-refractivity contribution in [3.05, 3.63) is 46.5 Å². The van der Waals surface area contributed by atoms with Crippen LogP contribution in [0.4, 0.5) is 5.69 Å². The predicted octanol–water partition coefficient (Wildman–Crippen LogP) is 4.59. The van der Waals surface area contributed by atoms with Crippen LogP contribution in [0.25, 0.3) is 0 Å². The van der Waals surface area contributed by atoms with Crippen molar-refractivity contribution in [2.75, 3.05) is 38.7 Å². The molecule has 1 unspecified atom stereocenters. The first-order valence-electron chi connectivity index (χ1n) is 10.3. The van der Waals surface area contributed by atoms with Gasteiger partial charge in [-0.3, -0.25) is 9.69 Å². The number of likely N-dealkylation sites (tertiary alicyclic amines) is 1. The highest BCUT2D eigenvalue weighted by Crippen LogP contribution is 2.38. The van der Waals surface area contributed by atoms with Gasteiger partial charge < -0.3 is 19.5 Å². The molecule has 160 valence electrons. The first-order chi connectivity index (χ1) is 14.5. The van der Waals surface area contributed by atoms with Crippen LogP contribution in [0.15, 0.2) is 30.3 Å². The second-order valence-electron chi connectivity index (χ2n) is 7.74. The standard InChI is InChI=1S/C23H27ClN2O4/c1-15-11-18(21(28-2)13-17(15)24)25-23(27)14-26-8-3-5-19(26)16-6-7-20-22(12-16)30-10-4-9-29-20/h6-7,11-13,19H,3-5,8-10,14H2,1-2H3,(H,25,27). The lowest BCUT2D eigenvalue weighted by Gasteiger charge is -2.25. The number of ether oxygens (including phenoxy) is 3. The van der Waals surface area contributed by atoms with Crippen molar-refractivity contribution in [1.29, 1.82) is 0 Å². The fourth-order valence-electron chi connectivity index (χ4n) is 4.08. The van der Waals surface area contributed by atoms with E-state index in [-0.39, 0.29) is 11.9 Å². The average molecular weight is 431 g/mol. The van der Waals surface area contributed by atoms with E-state index in [2.05, 4.69) is 22.3 Å². The van der Waals surface area contributed by atoms with Crippen LogP contribution in [0.5, 0.6) is 17.2 Å². The van der Waals surface area contributed by atoms with Gasteiger partial charge in [-0.25, -0.2) is 0 Å². The highest BCUT2D eigenvalue weighted by molar-refractivity contribution is 6.31. The summed E-state index contributed by atoms with van der Waals surface area (Å²) < 4.78 is 16.9. The van der Waals surface area contributed by atoms with E-state index in [0.29, 0.717) is 36.2 Å². The van der Waals surface area contributed by atoms with Crippen molar-refractivity contribution in [1.82, 2.24) is 4.90 Å². The molecule has 2 aliphatic heterocycles. The number of anilines is 1. The maximum absolute atomic E-state index is 12.8. The van der Waals surface area contributed by atoms with Gasteiger partial charge in [0.1, 0.15) is 5.75 Å². The molecule has 0 saturated carbocycles. The zero-order chi connectivity index (χ0) is 21.1. The molecule has 2 aromatic rings. The Morgan fingerprint density at radius 1 is 1.20 bits per heavy atom. The van der Waals surface area contributed by atoms with E-state index in [1.54, 1.807) is 13.2 Å². The first-order valence-corrected chi connectivity index (χ1v) is 10.7. The van der Waals surface area contributed by atoms with Gasteiger partial charge in [0.05, 0.1) is 32.6 Å². The SMILES string of the molecule is COc1cc(Cl)c(C)cc1NC(=O)CN1CCCC1c1ccc2c(c1)OCCCO2. The summed E-state index contributed by atoms with van der Waals surface area (Å²) in [5.41, 5.74) is 2.68. The van der Waals surface area contributed by atoms with Crippen molar-refractivity contribution < 1.29 is 19.0 Å². The van der Waals surface area contributed by atoms with Gasteiger partial charge in [0.2, 0.25) is 5.91 Å². The number of methoxy groups -OCH3 is 1. The molecule has 1 amide bonds. The number of hydrogen-bond donors (Lipinski definition) is 1. The lowest BCUT2D eigenvalue weighted by atomic mass is 10.0. The molecule has 4 rings (SSSR count). The summed E-state index contributed by atoms with van der Waals surface area (Å²) in [6.45, 7) is 4.43. The summed E-state index contributed by atoms with van der Waals surface area (Å²) >= 11 is 6.17. The van der Waals surface area contributed by atoms with E-state index in [4.69, 9.17) is 25.8 Å². The molecule has 0 bridgehead atoms. The Kier molecular flexibility index (Phi) is 6.35. The molecule has 30 heavy (non-hydrogen) atoms. The second-order valence-corrected chi connectivity index (χ2v) is 8.14. The van der Waals surface area contributed by atoms with Gasteiger partial charge in [-0.1, -0.05) is 17.7 Å². The normalized spacial score (nSPS) is 18.7. The fourth-order valence-corrected chi connectivity index (χ4v) is 4.24. The van der Waals surface area contributed by atoms with E-state index in [9.17, 15) is 4.79 Å². The topological polar surface area (TPSA) is 60.0 Å². The van der Waals surface area contributed by atoms with Crippen LogP contribution < -0.4 is 19.5 Å². The van der Waals surface area contributed by atoms with E-state index < -0.39 is 0 Å². The highest BCUT2D eigenvalue weighted by atomic mass is 35.5. The van der Waals surface area contributed by atoms with Crippen LogP contribution in [0, 0.1) is 6.92 Å². The number of halogens is 1. The van der Waals surface area contributed by atoms with Crippen molar-refractivity contribution >= 4 is 23.2 Å². The summed E-state index contributed by atoms with van der Waals surface area (Å²) in [6.07, 6.45) is 2.94. The third-order valence-corrected chi connectivity index (χ3v) is 6.03. The minimum atomic E-state index is -0.0729. The monoisotopic (exact) mass is 430 g/mol. The smallest absolute Gasteiger partial charge is 0.238 e. The molecule has 2 aliphatic rings. The van der Waals surface area contributed by atoms with Crippen LogP contribution in [0.1, 0.15) is 36.4 Å². The lowest BCUT2D eigenvalue weighted by molar-refractivity contribution is -0.117. The molecule has 0 aliphatic carbocycles. The van der Waals surface area contributed by atoms with Crippen LogP contribution in [-0.4, -0.2) is 44.2 Å². The molecular formula is C23H27ClN2O4. The van der Waals surface area contributed by atoms with Crippen molar-refractivity contribution in [3.63, 3.8) is 0 Å². The third kappa shape index (κ3) is 4.50. The van der Waals surface area contributed by atoms with Gasteiger partial charge in [0.25, 0.3) is 0 Å². The Morgan fingerprint density at radius 3 is 2.80 bits per heavy atom. The first kappa shape index (κ1) is 20.8. The van der Waals surface area contributed by atoms with Crippen LogP contribution in [0.2, 0.25) is 5.02 Å². The molecule has 1 saturated heterocycles. The van der Waals surface area contributed by atoms with E-state index in [0.717, 1.165) is 48.4 Å². The number of nitrogens with zero attached hydrogens (tertiary/aromatic N) is 1. The molecule has 0 spiro atoms. The summed E-state index contributed by atoms with van der Waals surface area (Å²) in [5, 5.41) is 3.59. The number of benzene rings is 2. The summed E-state index contributed by atoms with van der Waals surface area (Å²) in [6, 6.07) is 9.87. The summed E-state index contributed by atoms with van der Waals surface area (Å²) in [7, 11) is 1.57.